The lowest BCUT2D eigenvalue weighted by molar-refractivity contribution is 0.287. The maximum Gasteiger partial charge on any atom is 0.161 e. The van der Waals surface area contributed by atoms with Gasteiger partial charge in [0.2, 0.25) is 0 Å². The standard InChI is InChI=1S/C14H24N2O2/c1-3-17-13-6-5-11(7-12(9-15)10-16)8-14(13)18-4-2/h5-6,8,12H,3-4,7,9-10,15-16H2,1-2H3. The SMILES string of the molecule is CCOc1ccc(CC(CN)CN)cc1OCC. The van der Waals surface area contributed by atoms with Crippen LogP contribution in [-0.2, 0) is 6.42 Å². The molecule has 0 amide bonds. The molecule has 0 saturated carbocycles. The summed E-state index contributed by atoms with van der Waals surface area (Å²) in [5.74, 6) is 1.90. The number of hydrogen-bond donors (Lipinski definition) is 2. The summed E-state index contributed by atoms with van der Waals surface area (Å²) in [5.41, 5.74) is 12.5. The van der Waals surface area contributed by atoms with Crippen LogP contribution >= 0.6 is 0 Å². The Labute approximate surface area is 109 Å². The summed E-state index contributed by atoms with van der Waals surface area (Å²) in [7, 11) is 0. The number of rotatable bonds is 8. The van der Waals surface area contributed by atoms with Gasteiger partial charge in [0, 0.05) is 0 Å². The highest BCUT2D eigenvalue weighted by atomic mass is 16.5. The van der Waals surface area contributed by atoms with E-state index >= 15 is 0 Å². The molecular formula is C14H24N2O2. The fourth-order valence-electron chi connectivity index (χ4n) is 1.82. The van der Waals surface area contributed by atoms with Gasteiger partial charge in [-0.3, -0.25) is 0 Å². The van der Waals surface area contributed by atoms with Crippen molar-refractivity contribution in [3.8, 4) is 11.5 Å². The van der Waals surface area contributed by atoms with Crippen LogP contribution in [0, 0.1) is 5.92 Å². The van der Waals surface area contributed by atoms with Crippen LogP contribution < -0.4 is 20.9 Å². The van der Waals surface area contributed by atoms with E-state index in [1.54, 1.807) is 0 Å². The third-order valence-electron chi connectivity index (χ3n) is 2.80. The second-order valence-corrected chi connectivity index (χ2v) is 4.19. The molecule has 1 rings (SSSR count). The predicted octanol–water partition coefficient (Wildman–Crippen LogP) is 1.56. The minimum atomic E-state index is 0.317. The number of hydrogen-bond acceptors (Lipinski definition) is 4. The van der Waals surface area contributed by atoms with E-state index < -0.39 is 0 Å². The van der Waals surface area contributed by atoms with Gasteiger partial charge in [0.25, 0.3) is 0 Å². The lowest BCUT2D eigenvalue weighted by Gasteiger charge is -2.15. The second-order valence-electron chi connectivity index (χ2n) is 4.19. The number of benzene rings is 1. The summed E-state index contributed by atoms with van der Waals surface area (Å²) in [4.78, 5) is 0. The van der Waals surface area contributed by atoms with Crippen LogP contribution in [-0.4, -0.2) is 26.3 Å². The molecule has 0 aromatic heterocycles. The number of nitrogens with two attached hydrogens (primary N) is 2. The Balaban J connectivity index is 2.84. The zero-order valence-electron chi connectivity index (χ0n) is 11.3. The van der Waals surface area contributed by atoms with E-state index in [0.29, 0.717) is 32.2 Å². The van der Waals surface area contributed by atoms with E-state index in [-0.39, 0.29) is 0 Å². The van der Waals surface area contributed by atoms with Crippen molar-refractivity contribution in [3.05, 3.63) is 23.8 Å². The molecule has 0 heterocycles. The monoisotopic (exact) mass is 252 g/mol. The highest BCUT2D eigenvalue weighted by Gasteiger charge is 2.10. The highest BCUT2D eigenvalue weighted by molar-refractivity contribution is 5.43. The Morgan fingerprint density at radius 2 is 1.61 bits per heavy atom. The van der Waals surface area contributed by atoms with Crippen LogP contribution in [0.5, 0.6) is 11.5 Å². The molecule has 4 N–H and O–H groups in total. The number of ether oxygens (including phenoxy) is 2. The Morgan fingerprint density at radius 3 is 2.17 bits per heavy atom. The normalized spacial score (nSPS) is 10.7. The zero-order valence-corrected chi connectivity index (χ0v) is 11.3. The summed E-state index contributed by atoms with van der Waals surface area (Å²) >= 11 is 0. The molecule has 0 spiro atoms. The topological polar surface area (TPSA) is 70.5 Å². The Kier molecular flexibility index (Phi) is 6.54. The largest absolute Gasteiger partial charge is 0.490 e. The van der Waals surface area contributed by atoms with Gasteiger partial charge in [-0.1, -0.05) is 6.07 Å². The first-order chi connectivity index (χ1) is 8.74. The molecule has 0 unspecified atom stereocenters. The quantitative estimate of drug-likeness (QED) is 0.736. The lowest BCUT2D eigenvalue weighted by Crippen LogP contribution is -2.25. The predicted molar refractivity (Wildman–Crippen MR) is 74.1 cm³/mol. The molecule has 4 heteroatoms. The van der Waals surface area contributed by atoms with Gasteiger partial charge in [-0.25, -0.2) is 0 Å². The molecule has 0 radical (unpaired) electrons. The fraction of sp³-hybridized carbons (Fsp3) is 0.571. The summed E-state index contributed by atoms with van der Waals surface area (Å²) < 4.78 is 11.1. The van der Waals surface area contributed by atoms with Gasteiger partial charge in [0.15, 0.2) is 11.5 Å². The fourth-order valence-corrected chi connectivity index (χ4v) is 1.82. The molecule has 0 bridgehead atoms. The van der Waals surface area contributed by atoms with E-state index in [1.165, 1.54) is 5.56 Å². The second kappa shape index (κ2) is 7.95. The van der Waals surface area contributed by atoms with Gasteiger partial charge in [-0.05, 0) is 57.0 Å². The van der Waals surface area contributed by atoms with Crippen LogP contribution in [0.15, 0.2) is 18.2 Å². The van der Waals surface area contributed by atoms with Crippen molar-refractivity contribution in [1.82, 2.24) is 0 Å². The molecule has 102 valence electrons. The van der Waals surface area contributed by atoms with Crippen molar-refractivity contribution in [1.29, 1.82) is 0 Å². The molecule has 0 saturated heterocycles. The van der Waals surface area contributed by atoms with Gasteiger partial charge >= 0.3 is 0 Å². The van der Waals surface area contributed by atoms with E-state index in [9.17, 15) is 0 Å². The summed E-state index contributed by atoms with van der Waals surface area (Å²) in [5, 5.41) is 0. The summed E-state index contributed by atoms with van der Waals surface area (Å²) in [6, 6.07) is 6.02. The first-order valence-corrected chi connectivity index (χ1v) is 6.53. The van der Waals surface area contributed by atoms with Gasteiger partial charge in [0.05, 0.1) is 13.2 Å². The minimum Gasteiger partial charge on any atom is -0.490 e. The van der Waals surface area contributed by atoms with E-state index in [1.807, 2.05) is 32.0 Å². The molecule has 0 atom stereocenters. The van der Waals surface area contributed by atoms with Crippen LogP contribution in [0.4, 0.5) is 0 Å². The van der Waals surface area contributed by atoms with E-state index in [4.69, 9.17) is 20.9 Å². The average molecular weight is 252 g/mol. The van der Waals surface area contributed by atoms with Crippen molar-refractivity contribution in [2.45, 2.75) is 20.3 Å². The molecule has 1 aromatic carbocycles. The average Bonchev–Trinajstić information content (AvgIpc) is 2.39. The molecule has 4 nitrogen and oxygen atoms in total. The molecule has 0 aliphatic heterocycles. The van der Waals surface area contributed by atoms with Gasteiger partial charge in [0.1, 0.15) is 0 Å². The molecular weight excluding hydrogens is 228 g/mol. The Bertz CT molecular complexity index is 352. The third kappa shape index (κ3) is 4.20. The van der Waals surface area contributed by atoms with Gasteiger partial charge < -0.3 is 20.9 Å². The minimum absolute atomic E-state index is 0.317. The molecule has 0 fully saturated rings. The summed E-state index contributed by atoms with van der Waals surface area (Å²) in [6.45, 7) is 6.39. The molecule has 18 heavy (non-hydrogen) atoms. The van der Waals surface area contributed by atoms with Crippen LogP contribution in [0.2, 0.25) is 0 Å². The van der Waals surface area contributed by atoms with Gasteiger partial charge in [-0.15, -0.1) is 0 Å². The third-order valence-corrected chi connectivity index (χ3v) is 2.80. The van der Waals surface area contributed by atoms with Crippen LogP contribution in [0.25, 0.3) is 0 Å². The smallest absolute Gasteiger partial charge is 0.161 e. The molecule has 1 aromatic rings. The molecule has 0 aliphatic carbocycles. The van der Waals surface area contributed by atoms with Crippen molar-refractivity contribution in [3.63, 3.8) is 0 Å². The lowest BCUT2D eigenvalue weighted by atomic mass is 9.99. The highest BCUT2D eigenvalue weighted by Crippen LogP contribution is 2.29. The van der Waals surface area contributed by atoms with Crippen molar-refractivity contribution < 1.29 is 9.47 Å². The first kappa shape index (κ1) is 14.8. The van der Waals surface area contributed by atoms with Crippen LogP contribution in [0.3, 0.4) is 0 Å². The van der Waals surface area contributed by atoms with Crippen molar-refractivity contribution in [2.75, 3.05) is 26.3 Å². The van der Waals surface area contributed by atoms with E-state index in [0.717, 1.165) is 17.9 Å². The molecule has 0 aliphatic rings. The zero-order chi connectivity index (χ0) is 13.4. The maximum atomic E-state index is 5.67. The Morgan fingerprint density at radius 1 is 1.00 bits per heavy atom. The van der Waals surface area contributed by atoms with Crippen LogP contribution in [0.1, 0.15) is 19.4 Å². The Hall–Kier alpha value is -1.26. The van der Waals surface area contributed by atoms with Gasteiger partial charge in [-0.2, -0.15) is 0 Å². The van der Waals surface area contributed by atoms with E-state index in [2.05, 4.69) is 0 Å². The summed E-state index contributed by atoms with van der Waals surface area (Å²) in [6.07, 6.45) is 0.874. The van der Waals surface area contributed by atoms with Crippen molar-refractivity contribution in [2.24, 2.45) is 17.4 Å². The maximum absolute atomic E-state index is 5.67. The first-order valence-electron chi connectivity index (χ1n) is 6.53. The van der Waals surface area contributed by atoms with Crippen molar-refractivity contribution >= 4 is 0 Å².